The third-order valence-corrected chi connectivity index (χ3v) is 9.74. The maximum Gasteiger partial charge on any atom is 0.257 e. The Labute approximate surface area is 192 Å². The highest BCUT2D eigenvalue weighted by molar-refractivity contribution is 7.92. The fourth-order valence-electron chi connectivity index (χ4n) is 5.27. The van der Waals surface area contributed by atoms with Gasteiger partial charge in [0.15, 0.2) is 9.84 Å². The van der Waals surface area contributed by atoms with Crippen LogP contribution in [0.2, 0.25) is 0 Å². The number of nitrogens with zero attached hydrogens (tertiary/aromatic N) is 2. The molecule has 9 heteroatoms. The molecule has 1 aromatic heterocycles. The molecular weight excluding hydrogens is 448 g/mol. The van der Waals surface area contributed by atoms with E-state index in [2.05, 4.69) is 10.3 Å². The quantitative estimate of drug-likeness (QED) is 0.680. The monoisotopic (exact) mass is 475 g/mol. The molecule has 33 heavy (non-hydrogen) atoms. The maximum absolute atomic E-state index is 13.7. The van der Waals surface area contributed by atoms with E-state index in [1.807, 2.05) is 4.90 Å². The maximum atomic E-state index is 13.7. The molecule has 0 bridgehead atoms. The molecule has 1 spiro atoms. The second-order valence-electron chi connectivity index (χ2n) is 9.47. The summed E-state index contributed by atoms with van der Waals surface area (Å²) in [7, 11) is -3.43. The van der Waals surface area contributed by atoms with E-state index in [-0.39, 0.29) is 22.5 Å². The van der Waals surface area contributed by atoms with Crippen molar-refractivity contribution in [2.24, 2.45) is 5.41 Å². The minimum absolute atomic E-state index is 0.0473. The Morgan fingerprint density at radius 1 is 1.12 bits per heavy atom. The van der Waals surface area contributed by atoms with Gasteiger partial charge < -0.3 is 10.2 Å². The zero-order chi connectivity index (χ0) is 23.3. The van der Waals surface area contributed by atoms with Crippen LogP contribution in [0, 0.1) is 5.41 Å². The van der Waals surface area contributed by atoms with E-state index < -0.39 is 21.2 Å². The smallest absolute Gasteiger partial charge is 0.257 e. The molecule has 1 saturated heterocycles. The molecule has 2 aliphatic carbocycles. The topological polar surface area (TPSA) is 79.4 Å². The van der Waals surface area contributed by atoms with Gasteiger partial charge in [0.25, 0.3) is 11.8 Å². The number of amides is 1. The Bertz CT molecular complexity index is 1170. The number of benzene rings is 1. The second kappa shape index (κ2) is 8.04. The molecule has 5 rings (SSSR count). The van der Waals surface area contributed by atoms with E-state index in [1.165, 1.54) is 12.3 Å². The van der Waals surface area contributed by atoms with E-state index in [0.717, 1.165) is 12.8 Å². The number of piperidine rings is 1. The van der Waals surface area contributed by atoms with Crippen LogP contribution >= 0.6 is 0 Å². The predicted molar refractivity (Wildman–Crippen MR) is 122 cm³/mol. The lowest BCUT2D eigenvalue weighted by Crippen LogP contribution is -2.37. The van der Waals surface area contributed by atoms with Gasteiger partial charge in [0, 0.05) is 36.8 Å². The van der Waals surface area contributed by atoms with Crippen molar-refractivity contribution in [2.45, 2.75) is 61.0 Å². The van der Waals surface area contributed by atoms with Crippen molar-refractivity contribution >= 4 is 27.1 Å². The number of rotatable bonds is 5. The molecule has 0 radical (unpaired) electrons. The van der Waals surface area contributed by atoms with Gasteiger partial charge in [-0.25, -0.2) is 17.2 Å². The summed E-state index contributed by atoms with van der Waals surface area (Å²) in [6.45, 7) is 0.882. The number of alkyl halides is 2. The van der Waals surface area contributed by atoms with Crippen LogP contribution in [0.5, 0.6) is 0 Å². The Morgan fingerprint density at radius 2 is 1.82 bits per heavy atom. The van der Waals surface area contributed by atoms with Crippen LogP contribution < -0.4 is 10.2 Å². The Balaban J connectivity index is 1.32. The van der Waals surface area contributed by atoms with Gasteiger partial charge in [-0.1, -0.05) is 18.9 Å². The molecule has 0 unspecified atom stereocenters. The lowest BCUT2D eigenvalue weighted by Gasteiger charge is -2.34. The van der Waals surface area contributed by atoms with E-state index >= 15 is 0 Å². The molecule has 1 amide bonds. The zero-order valence-corrected chi connectivity index (χ0v) is 19.1. The number of carbonyl (C=O) groups excluding carboxylic acids is 1. The molecular formula is C24H27F2N3O3S. The number of anilines is 2. The highest BCUT2D eigenvalue weighted by atomic mass is 32.2. The van der Waals surface area contributed by atoms with Gasteiger partial charge in [0.05, 0.1) is 27.6 Å². The van der Waals surface area contributed by atoms with Gasteiger partial charge in [-0.2, -0.15) is 0 Å². The average molecular weight is 476 g/mol. The predicted octanol–water partition coefficient (Wildman–Crippen LogP) is 4.68. The highest BCUT2D eigenvalue weighted by Crippen LogP contribution is 2.66. The number of hydrogen-bond acceptors (Lipinski definition) is 5. The molecule has 3 fully saturated rings. The first-order chi connectivity index (χ1) is 15.7. The van der Waals surface area contributed by atoms with Crippen LogP contribution in [0.4, 0.5) is 20.2 Å². The molecule has 1 aromatic carbocycles. The Kier molecular flexibility index (Phi) is 5.42. The first kappa shape index (κ1) is 22.3. The molecule has 1 aliphatic heterocycles. The highest BCUT2D eigenvalue weighted by Gasteiger charge is 2.70. The van der Waals surface area contributed by atoms with Crippen molar-refractivity contribution < 1.29 is 22.0 Å². The summed E-state index contributed by atoms with van der Waals surface area (Å²) in [6, 6.07) is 7.96. The summed E-state index contributed by atoms with van der Waals surface area (Å²) in [5.74, 6) is -2.96. The van der Waals surface area contributed by atoms with E-state index in [9.17, 15) is 22.0 Å². The molecule has 0 atom stereocenters. The Morgan fingerprint density at radius 3 is 2.48 bits per heavy atom. The molecule has 2 aromatic rings. The summed E-state index contributed by atoms with van der Waals surface area (Å²) in [5.41, 5.74) is 0.507. The van der Waals surface area contributed by atoms with Crippen molar-refractivity contribution in [1.29, 1.82) is 0 Å². The molecule has 2 heterocycles. The lowest BCUT2D eigenvalue weighted by molar-refractivity contribution is 0.0536. The van der Waals surface area contributed by atoms with Crippen molar-refractivity contribution in [1.82, 2.24) is 4.98 Å². The average Bonchev–Trinajstić information content (AvgIpc) is 3.15. The number of halogens is 2. The number of pyridine rings is 1. The van der Waals surface area contributed by atoms with Crippen molar-refractivity contribution in [3.05, 3.63) is 48.3 Å². The summed E-state index contributed by atoms with van der Waals surface area (Å²) in [6.07, 6.45) is 6.99. The lowest BCUT2D eigenvalue weighted by atomic mass is 9.92. The molecule has 1 N–H and O–H groups in total. The SMILES string of the molecule is O=C(Nc1cccc(S(=O)(=O)C2CCCC2)c1)c1ccncc1N1CCC2(CC1)CC2(F)F. The minimum atomic E-state index is -3.43. The largest absolute Gasteiger partial charge is 0.370 e. The first-order valence-corrected chi connectivity index (χ1v) is 13.0. The third-order valence-electron chi connectivity index (χ3n) is 7.48. The normalized spacial score (nSPS) is 21.8. The number of hydrogen-bond donors (Lipinski definition) is 1. The van der Waals surface area contributed by atoms with Crippen molar-refractivity contribution in [3.8, 4) is 0 Å². The number of nitrogens with one attached hydrogen (secondary N) is 1. The second-order valence-corrected chi connectivity index (χ2v) is 11.7. The van der Waals surface area contributed by atoms with E-state index in [1.54, 1.807) is 30.5 Å². The zero-order valence-electron chi connectivity index (χ0n) is 18.3. The third kappa shape index (κ3) is 4.00. The number of carbonyl (C=O) groups is 1. The van der Waals surface area contributed by atoms with Gasteiger partial charge >= 0.3 is 0 Å². The van der Waals surface area contributed by atoms with Crippen LogP contribution in [0.1, 0.15) is 55.3 Å². The molecule has 6 nitrogen and oxygen atoms in total. The van der Waals surface area contributed by atoms with Crippen LogP contribution in [0.15, 0.2) is 47.6 Å². The fourth-order valence-corrected chi connectivity index (χ4v) is 7.17. The van der Waals surface area contributed by atoms with Crippen LogP contribution in [0.25, 0.3) is 0 Å². The number of aromatic nitrogens is 1. The number of sulfone groups is 1. The molecule has 2 saturated carbocycles. The van der Waals surface area contributed by atoms with Gasteiger partial charge in [0.2, 0.25) is 0 Å². The van der Waals surface area contributed by atoms with Gasteiger partial charge in [-0.05, 0) is 49.9 Å². The van der Waals surface area contributed by atoms with Gasteiger partial charge in [0.1, 0.15) is 0 Å². The summed E-state index contributed by atoms with van der Waals surface area (Å²) >= 11 is 0. The minimum Gasteiger partial charge on any atom is -0.370 e. The van der Waals surface area contributed by atoms with Crippen LogP contribution in [-0.4, -0.2) is 43.6 Å². The standard InChI is InChI=1S/C24H27F2N3O3S/c25-24(26)16-23(24)9-12-29(13-10-23)21-15-27-11-8-20(21)22(30)28-17-4-3-7-19(14-17)33(31,32)18-5-1-2-6-18/h3-4,7-8,11,14-15,18H,1-2,5-6,9-10,12-13,16H2,(H,28,30). The Hall–Kier alpha value is -2.55. The van der Waals surface area contributed by atoms with Crippen LogP contribution in [0.3, 0.4) is 0 Å². The van der Waals surface area contributed by atoms with Crippen LogP contribution in [-0.2, 0) is 9.84 Å². The molecule has 3 aliphatic rings. The fraction of sp³-hybridized carbons (Fsp3) is 0.500. The van der Waals surface area contributed by atoms with Gasteiger partial charge in [-0.15, -0.1) is 0 Å². The van der Waals surface area contributed by atoms with E-state index in [0.29, 0.717) is 55.7 Å². The summed E-state index contributed by atoms with van der Waals surface area (Å²) < 4.78 is 53.3. The molecule has 176 valence electrons. The van der Waals surface area contributed by atoms with Crippen molar-refractivity contribution in [3.63, 3.8) is 0 Å². The van der Waals surface area contributed by atoms with Crippen molar-refractivity contribution in [2.75, 3.05) is 23.3 Å². The summed E-state index contributed by atoms with van der Waals surface area (Å²) in [5, 5.41) is 2.44. The van der Waals surface area contributed by atoms with Gasteiger partial charge in [-0.3, -0.25) is 9.78 Å². The summed E-state index contributed by atoms with van der Waals surface area (Å²) in [4.78, 5) is 19.4. The van der Waals surface area contributed by atoms with E-state index in [4.69, 9.17) is 0 Å². The first-order valence-electron chi connectivity index (χ1n) is 11.4.